The molecule has 184 valence electrons. The predicted molar refractivity (Wildman–Crippen MR) is 168 cm³/mol. The third-order valence-electron chi connectivity index (χ3n) is 7.56. The molecule has 0 saturated heterocycles. The van der Waals surface area contributed by atoms with Crippen LogP contribution < -0.4 is 4.90 Å². The van der Waals surface area contributed by atoms with Crippen molar-refractivity contribution in [1.29, 1.82) is 0 Å². The molecule has 0 saturated carbocycles. The molecule has 2 aromatic heterocycles. The fourth-order valence-corrected chi connectivity index (χ4v) is 6.97. The van der Waals surface area contributed by atoms with Gasteiger partial charge in [-0.2, -0.15) is 0 Å². The summed E-state index contributed by atoms with van der Waals surface area (Å²) in [6.45, 7) is 0. The molecule has 2 nitrogen and oxygen atoms in total. The summed E-state index contributed by atoms with van der Waals surface area (Å²) in [6.07, 6.45) is 0. The molecule has 39 heavy (non-hydrogen) atoms. The highest BCUT2D eigenvalue weighted by atomic mass is 32.1. The molecule has 6 aromatic carbocycles. The van der Waals surface area contributed by atoms with Crippen molar-refractivity contribution in [3.8, 4) is 5.69 Å². The van der Waals surface area contributed by atoms with Crippen LogP contribution in [0.3, 0.4) is 0 Å². The summed E-state index contributed by atoms with van der Waals surface area (Å²) >= 11 is 1.86. The standard InChI is InChI=1S/C36H24N2S/c1-3-11-25(12-4-1)37(28-20-22-32-31-16-8-10-18-35(31)39-36(32)24-28)27-19-21-30-29-15-7-9-17-33(29)38(34(30)23-27)26-13-5-2-6-14-26/h1-24H. The maximum Gasteiger partial charge on any atom is 0.0561 e. The normalized spacial score (nSPS) is 11.6. The van der Waals surface area contributed by atoms with E-state index in [4.69, 9.17) is 0 Å². The lowest BCUT2D eigenvalue weighted by molar-refractivity contribution is 1.18. The van der Waals surface area contributed by atoms with Crippen LogP contribution in [0.4, 0.5) is 17.1 Å². The Kier molecular flexibility index (Phi) is 5.04. The topological polar surface area (TPSA) is 8.17 Å². The molecular formula is C36H24N2S. The summed E-state index contributed by atoms with van der Waals surface area (Å²) < 4.78 is 5.01. The lowest BCUT2D eigenvalue weighted by Crippen LogP contribution is -2.09. The maximum atomic E-state index is 2.38. The molecular weight excluding hydrogens is 492 g/mol. The minimum Gasteiger partial charge on any atom is -0.310 e. The zero-order valence-corrected chi connectivity index (χ0v) is 22.0. The first-order valence-corrected chi connectivity index (χ1v) is 14.0. The Morgan fingerprint density at radius 3 is 1.82 bits per heavy atom. The van der Waals surface area contributed by atoms with Crippen LogP contribution in [0.5, 0.6) is 0 Å². The van der Waals surface area contributed by atoms with Gasteiger partial charge in [-0.25, -0.2) is 0 Å². The van der Waals surface area contributed by atoms with Crippen molar-refractivity contribution in [2.75, 3.05) is 4.90 Å². The number of hydrogen-bond donors (Lipinski definition) is 0. The highest BCUT2D eigenvalue weighted by molar-refractivity contribution is 7.25. The fourth-order valence-electron chi connectivity index (χ4n) is 5.83. The molecule has 0 N–H and O–H groups in total. The predicted octanol–water partition coefficient (Wildman–Crippen LogP) is 10.6. The first-order chi connectivity index (χ1) is 19.3. The van der Waals surface area contributed by atoms with Crippen molar-refractivity contribution in [2.24, 2.45) is 0 Å². The van der Waals surface area contributed by atoms with E-state index in [2.05, 4.69) is 155 Å². The molecule has 0 aliphatic carbocycles. The number of aromatic nitrogens is 1. The Morgan fingerprint density at radius 1 is 0.410 bits per heavy atom. The number of hydrogen-bond acceptors (Lipinski definition) is 2. The lowest BCUT2D eigenvalue weighted by Gasteiger charge is -2.26. The summed E-state index contributed by atoms with van der Waals surface area (Å²) in [7, 11) is 0. The van der Waals surface area contributed by atoms with Crippen LogP contribution >= 0.6 is 11.3 Å². The molecule has 8 aromatic rings. The van der Waals surface area contributed by atoms with Gasteiger partial charge in [-0.1, -0.05) is 84.9 Å². The molecule has 0 spiro atoms. The monoisotopic (exact) mass is 516 g/mol. The fraction of sp³-hybridized carbons (Fsp3) is 0. The van der Waals surface area contributed by atoms with Gasteiger partial charge in [-0.05, 0) is 60.7 Å². The average molecular weight is 517 g/mol. The van der Waals surface area contributed by atoms with Gasteiger partial charge in [0.1, 0.15) is 0 Å². The molecule has 8 rings (SSSR count). The molecule has 0 fully saturated rings. The van der Waals surface area contributed by atoms with Crippen LogP contribution in [0.2, 0.25) is 0 Å². The Hall–Kier alpha value is -4.86. The van der Waals surface area contributed by atoms with E-state index in [1.165, 1.54) is 47.7 Å². The van der Waals surface area contributed by atoms with Gasteiger partial charge in [0.25, 0.3) is 0 Å². The molecule has 0 aliphatic heterocycles. The third-order valence-corrected chi connectivity index (χ3v) is 8.70. The SMILES string of the molecule is c1ccc(N(c2ccc3c(c2)sc2ccccc23)c2ccc3c4ccccc4n(-c4ccccc4)c3c2)cc1. The molecule has 0 radical (unpaired) electrons. The third kappa shape index (κ3) is 3.55. The van der Waals surface area contributed by atoms with E-state index in [1.54, 1.807) is 0 Å². The van der Waals surface area contributed by atoms with Crippen molar-refractivity contribution < 1.29 is 0 Å². The highest BCUT2D eigenvalue weighted by Gasteiger charge is 2.18. The van der Waals surface area contributed by atoms with Crippen molar-refractivity contribution >= 4 is 70.4 Å². The molecule has 0 atom stereocenters. The second-order valence-corrected chi connectivity index (χ2v) is 10.9. The average Bonchev–Trinajstić information content (AvgIpc) is 3.53. The molecule has 0 amide bonds. The van der Waals surface area contributed by atoms with Crippen LogP contribution in [-0.2, 0) is 0 Å². The van der Waals surface area contributed by atoms with Crippen LogP contribution in [0.25, 0.3) is 47.7 Å². The summed E-state index contributed by atoms with van der Waals surface area (Å²) in [5, 5.41) is 5.16. The van der Waals surface area contributed by atoms with Crippen LogP contribution in [0.15, 0.2) is 146 Å². The van der Waals surface area contributed by atoms with E-state index in [0.29, 0.717) is 0 Å². The van der Waals surface area contributed by atoms with Gasteiger partial charge in [0.2, 0.25) is 0 Å². The van der Waals surface area contributed by atoms with E-state index < -0.39 is 0 Å². The van der Waals surface area contributed by atoms with Crippen LogP contribution in [-0.4, -0.2) is 4.57 Å². The van der Waals surface area contributed by atoms with E-state index in [1.807, 2.05) is 11.3 Å². The molecule has 0 bridgehead atoms. The molecule has 3 heteroatoms. The van der Waals surface area contributed by atoms with Gasteiger partial charge >= 0.3 is 0 Å². The number of benzene rings is 6. The Bertz CT molecular complexity index is 2120. The molecule has 2 heterocycles. The second kappa shape index (κ2) is 8.87. The van der Waals surface area contributed by atoms with E-state index in [0.717, 1.165) is 17.1 Å². The molecule has 0 unspecified atom stereocenters. The van der Waals surface area contributed by atoms with Gasteiger partial charge in [0, 0.05) is 53.7 Å². The number of nitrogens with zero attached hydrogens (tertiary/aromatic N) is 2. The van der Waals surface area contributed by atoms with Crippen molar-refractivity contribution in [3.63, 3.8) is 0 Å². The lowest BCUT2D eigenvalue weighted by atomic mass is 10.1. The zero-order chi connectivity index (χ0) is 25.8. The largest absolute Gasteiger partial charge is 0.310 e. The van der Waals surface area contributed by atoms with Crippen molar-refractivity contribution in [1.82, 2.24) is 4.57 Å². The quantitative estimate of drug-likeness (QED) is 0.226. The van der Waals surface area contributed by atoms with Gasteiger partial charge in [-0.15, -0.1) is 11.3 Å². The number of thiophene rings is 1. The summed E-state index contributed by atoms with van der Waals surface area (Å²) in [4.78, 5) is 2.37. The zero-order valence-electron chi connectivity index (χ0n) is 21.2. The first kappa shape index (κ1) is 22.2. The van der Waals surface area contributed by atoms with Gasteiger partial charge in [-0.3, -0.25) is 0 Å². The maximum absolute atomic E-state index is 2.38. The first-order valence-electron chi connectivity index (χ1n) is 13.2. The Morgan fingerprint density at radius 2 is 1.00 bits per heavy atom. The smallest absolute Gasteiger partial charge is 0.0561 e. The number of para-hydroxylation sites is 3. The van der Waals surface area contributed by atoms with Gasteiger partial charge < -0.3 is 9.47 Å². The van der Waals surface area contributed by atoms with Gasteiger partial charge in [0.15, 0.2) is 0 Å². The second-order valence-electron chi connectivity index (χ2n) is 9.84. The van der Waals surface area contributed by atoms with E-state index in [-0.39, 0.29) is 0 Å². The summed E-state index contributed by atoms with van der Waals surface area (Å²) in [5.74, 6) is 0. The minimum atomic E-state index is 1.13. The Labute approximate surface area is 230 Å². The van der Waals surface area contributed by atoms with E-state index in [9.17, 15) is 0 Å². The number of anilines is 3. The molecule has 0 aliphatic rings. The number of fused-ring (bicyclic) bond motifs is 6. The number of rotatable bonds is 4. The van der Waals surface area contributed by atoms with Gasteiger partial charge in [0.05, 0.1) is 11.0 Å². The minimum absolute atomic E-state index is 1.13. The van der Waals surface area contributed by atoms with Crippen molar-refractivity contribution in [2.45, 2.75) is 0 Å². The van der Waals surface area contributed by atoms with Crippen LogP contribution in [0, 0.1) is 0 Å². The Balaban J connectivity index is 1.38. The van der Waals surface area contributed by atoms with E-state index >= 15 is 0 Å². The van der Waals surface area contributed by atoms with Crippen molar-refractivity contribution in [3.05, 3.63) is 146 Å². The summed E-state index contributed by atoms with van der Waals surface area (Å²) in [6, 6.07) is 52.4. The summed E-state index contributed by atoms with van der Waals surface area (Å²) in [5.41, 5.74) is 7.01. The van der Waals surface area contributed by atoms with Crippen LogP contribution in [0.1, 0.15) is 0 Å². The highest BCUT2D eigenvalue weighted by Crippen LogP contribution is 2.42.